The Balaban J connectivity index is 1.97. The van der Waals surface area contributed by atoms with Gasteiger partial charge in [-0.1, -0.05) is 6.07 Å². The van der Waals surface area contributed by atoms with Crippen LogP contribution in [0.5, 0.6) is 5.75 Å². The van der Waals surface area contributed by atoms with Gasteiger partial charge in [-0.15, -0.1) is 0 Å². The Kier molecular flexibility index (Phi) is 4.97. The third-order valence-electron chi connectivity index (χ3n) is 3.58. The van der Waals surface area contributed by atoms with Gasteiger partial charge in [-0.2, -0.15) is 0 Å². The van der Waals surface area contributed by atoms with Crippen molar-refractivity contribution in [3.63, 3.8) is 0 Å². The number of amides is 1. The lowest BCUT2D eigenvalue weighted by Crippen LogP contribution is -2.58. The molecule has 1 amide bonds. The van der Waals surface area contributed by atoms with Crippen molar-refractivity contribution in [2.45, 2.75) is 25.3 Å². The molecule has 1 aromatic carbocycles. The summed E-state index contributed by atoms with van der Waals surface area (Å²) in [7, 11) is 0. The lowest BCUT2D eigenvalue weighted by Gasteiger charge is -2.33. The van der Waals surface area contributed by atoms with Crippen molar-refractivity contribution in [2.75, 3.05) is 19.8 Å². The summed E-state index contributed by atoms with van der Waals surface area (Å²) in [6.45, 7) is 1.85. The summed E-state index contributed by atoms with van der Waals surface area (Å²) in [6.07, 6.45) is 0.375. The fraction of sp³-hybridized carbons (Fsp3) is 0.467. The number of nitrogens with one attached hydrogen (secondary N) is 1. The number of rotatable bonds is 5. The van der Waals surface area contributed by atoms with Crippen molar-refractivity contribution in [3.05, 3.63) is 29.6 Å². The molecule has 1 aromatic rings. The fourth-order valence-corrected chi connectivity index (χ4v) is 2.28. The van der Waals surface area contributed by atoms with Gasteiger partial charge in [0.15, 0.2) is 18.2 Å². The molecule has 1 aliphatic rings. The van der Waals surface area contributed by atoms with Crippen LogP contribution in [0.3, 0.4) is 0 Å². The van der Waals surface area contributed by atoms with Crippen LogP contribution in [0.2, 0.25) is 0 Å². The minimum Gasteiger partial charge on any atom is -0.481 e. The Bertz CT molecular complexity index is 569. The van der Waals surface area contributed by atoms with Gasteiger partial charge in [0.1, 0.15) is 5.54 Å². The van der Waals surface area contributed by atoms with Gasteiger partial charge in [-0.05, 0) is 24.6 Å². The second-order valence-electron chi connectivity index (χ2n) is 5.27. The van der Waals surface area contributed by atoms with Crippen LogP contribution in [0, 0.1) is 12.7 Å². The zero-order valence-corrected chi connectivity index (χ0v) is 12.2. The summed E-state index contributed by atoms with van der Waals surface area (Å²) in [5, 5.41) is 11.8. The van der Waals surface area contributed by atoms with Gasteiger partial charge in [0, 0.05) is 26.1 Å². The van der Waals surface area contributed by atoms with E-state index in [2.05, 4.69) is 5.32 Å². The Morgan fingerprint density at radius 2 is 2.09 bits per heavy atom. The van der Waals surface area contributed by atoms with Gasteiger partial charge in [-0.3, -0.25) is 4.79 Å². The van der Waals surface area contributed by atoms with Crippen LogP contribution >= 0.6 is 0 Å². The van der Waals surface area contributed by atoms with Gasteiger partial charge in [0.05, 0.1) is 0 Å². The molecular formula is C15H18FNO5. The number of carboxylic acid groups (broad SMARTS) is 1. The van der Waals surface area contributed by atoms with Crippen LogP contribution in [0.4, 0.5) is 4.39 Å². The molecule has 6 nitrogen and oxygen atoms in total. The third-order valence-corrected chi connectivity index (χ3v) is 3.58. The maximum Gasteiger partial charge on any atom is 0.329 e. The molecule has 22 heavy (non-hydrogen) atoms. The first-order valence-electron chi connectivity index (χ1n) is 6.94. The average molecular weight is 311 g/mol. The van der Waals surface area contributed by atoms with Crippen molar-refractivity contribution >= 4 is 11.9 Å². The van der Waals surface area contributed by atoms with Gasteiger partial charge in [0.2, 0.25) is 0 Å². The highest BCUT2D eigenvalue weighted by Gasteiger charge is 2.41. The predicted octanol–water partition coefficient (Wildman–Crippen LogP) is 1.26. The van der Waals surface area contributed by atoms with Crippen LogP contribution in [-0.2, 0) is 14.3 Å². The highest BCUT2D eigenvalue weighted by atomic mass is 19.1. The fourth-order valence-electron chi connectivity index (χ4n) is 2.28. The Hall–Kier alpha value is -2.15. The van der Waals surface area contributed by atoms with Crippen molar-refractivity contribution in [2.24, 2.45) is 0 Å². The number of benzene rings is 1. The minimum atomic E-state index is -1.34. The topological polar surface area (TPSA) is 84.9 Å². The van der Waals surface area contributed by atoms with Crippen LogP contribution in [0.1, 0.15) is 18.4 Å². The number of hydrogen-bond donors (Lipinski definition) is 2. The summed E-state index contributed by atoms with van der Waals surface area (Å²) in [6, 6.07) is 4.31. The van der Waals surface area contributed by atoms with Crippen molar-refractivity contribution in [1.29, 1.82) is 0 Å². The van der Waals surface area contributed by atoms with Crippen molar-refractivity contribution in [3.8, 4) is 5.75 Å². The number of carboxylic acids is 1. The molecule has 0 aliphatic carbocycles. The summed E-state index contributed by atoms with van der Waals surface area (Å²) >= 11 is 0. The Labute approximate surface area is 127 Å². The van der Waals surface area contributed by atoms with Crippen molar-refractivity contribution in [1.82, 2.24) is 5.32 Å². The molecule has 2 N–H and O–H groups in total. The van der Waals surface area contributed by atoms with Crippen molar-refractivity contribution < 1.29 is 28.6 Å². The molecule has 1 fully saturated rings. The smallest absolute Gasteiger partial charge is 0.329 e. The Morgan fingerprint density at radius 3 is 2.73 bits per heavy atom. The van der Waals surface area contributed by atoms with Gasteiger partial charge in [0.25, 0.3) is 5.91 Å². The zero-order valence-electron chi connectivity index (χ0n) is 12.2. The number of aliphatic carboxylic acids is 1. The number of halogens is 1. The summed E-state index contributed by atoms with van der Waals surface area (Å²) in [5.41, 5.74) is -0.549. The Morgan fingerprint density at radius 1 is 1.41 bits per heavy atom. The molecule has 2 rings (SSSR count). The van der Waals surface area contributed by atoms with E-state index >= 15 is 0 Å². The van der Waals surface area contributed by atoms with Gasteiger partial charge in [-0.25, -0.2) is 9.18 Å². The largest absolute Gasteiger partial charge is 0.481 e. The molecule has 0 unspecified atom stereocenters. The minimum absolute atomic E-state index is 0.0356. The van der Waals surface area contributed by atoms with Crippen LogP contribution in [-0.4, -0.2) is 42.3 Å². The molecule has 0 aromatic heterocycles. The molecular weight excluding hydrogens is 293 g/mol. The van der Waals surface area contributed by atoms with E-state index in [0.717, 1.165) is 5.56 Å². The molecule has 0 bridgehead atoms. The molecule has 0 atom stereocenters. The number of aryl methyl sites for hydroxylation is 1. The number of carbonyl (C=O) groups excluding carboxylic acids is 1. The quantitative estimate of drug-likeness (QED) is 0.855. The summed E-state index contributed by atoms with van der Waals surface area (Å²) < 4.78 is 23.8. The highest BCUT2D eigenvalue weighted by molar-refractivity contribution is 5.87. The van der Waals surface area contributed by atoms with E-state index < -0.39 is 29.8 Å². The van der Waals surface area contributed by atoms with E-state index in [1.165, 1.54) is 12.1 Å². The monoisotopic (exact) mass is 311 g/mol. The highest BCUT2D eigenvalue weighted by Crippen LogP contribution is 2.21. The third kappa shape index (κ3) is 3.73. The van der Waals surface area contributed by atoms with Crippen LogP contribution < -0.4 is 10.1 Å². The van der Waals surface area contributed by atoms with E-state index in [0.29, 0.717) is 0 Å². The van der Waals surface area contributed by atoms with E-state index in [1.54, 1.807) is 13.0 Å². The first kappa shape index (κ1) is 16.2. The van der Waals surface area contributed by atoms with E-state index in [-0.39, 0.29) is 31.8 Å². The maximum absolute atomic E-state index is 13.5. The second kappa shape index (κ2) is 6.74. The summed E-state index contributed by atoms with van der Waals surface area (Å²) in [5.74, 6) is -2.32. The molecule has 0 radical (unpaired) electrons. The molecule has 1 heterocycles. The molecule has 1 saturated heterocycles. The molecule has 0 saturated carbocycles. The molecule has 1 aliphatic heterocycles. The van der Waals surface area contributed by atoms with Gasteiger partial charge < -0.3 is 19.9 Å². The molecule has 7 heteroatoms. The second-order valence-corrected chi connectivity index (χ2v) is 5.27. The number of hydrogen-bond acceptors (Lipinski definition) is 4. The SMILES string of the molecule is Cc1ccc(F)c(OCC(=O)NC2(C(=O)O)CCOCC2)c1. The maximum atomic E-state index is 13.5. The molecule has 0 spiro atoms. The van der Waals surface area contributed by atoms with E-state index in [9.17, 15) is 19.1 Å². The first-order valence-corrected chi connectivity index (χ1v) is 6.94. The van der Waals surface area contributed by atoms with E-state index in [1.807, 2.05) is 0 Å². The predicted molar refractivity (Wildman–Crippen MR) is 75.2 cm³/mol. The van der Waals surface area contributed by atoms with E-state index in [4.69, 9.17) is 9.47 Å². The standard InChI is InChI=1S/C15H18FNO5/c1-10-2-3-11(16)12(8-10)22-9-13(18)17-15(14(19)20)4-6-21-7-5-15/h2-3,8H,4-7,9H2,1H3,(H,17,18)(H,19,20). The lowest BCUT2D eigenvalue weighted by atomic mass is 9.90. The van der Waals surface area contributed by atoms with Crippen LogP contribution in [0.25, 0.3) is 0 Å². The lowest BCUT2D eigenvalue weighted by molar-refractivity contribution is -0.152. The van der Waals surface area contributed by atoms with Gasteiger partial charge >= 0.3 is 5.97 Å². The zero-order chi connectivity index (χ0) is 16.2. The normalized spacial score (nSPS) is 16.8. The molecule has 120 valence electrons. The van der Waals surface area contributed by atoms with Crippen LogP contribution in [0.15, 0.2) is 18.2 Å². The summed E-state index contributed by atoms with van der Waals surface area (Å²) in [4.78, 5) is 23.3. The first-order chi connectivity index (χ1) is 10.4. The average Bonchev–Trinajstić information content (AvgIpc) is 2.49. The number of ether oxygens (including phenoxy) is 2. The number of carbonyl (C=O) groups is 2.